The fourth-order valence-corrected chi connectivity index (χ4v) is 3.51. The van der Waals surface area contributed by atoms with Crippen molar-refractivity contribution >= 4 is 23.4 Å². The molecule has 2 unspecified atom stereocenters. The van der Waals surface area contributed by atoms with Gasteiger partial charge in [0.15, 0.2) is 5.82 Å². The van der Waals surface area contributed by atoms with Gasteiger partial charge in [0.05, 0.1) is 18.4 Å². The summed E-state index contributed by atoms with van der Waals surface area (Å²) in [7, 11) is 0. The Morgan fingerprint density at radius 1 is 1.37 bits per heavy atom. The monoisotopic (exact) mass is 390 g/mol. The number of piperidine rings is 1. The largest absolute Gasteiger partial charge is 0.349 e. The second-order valence-electron chi connectivity index (χ2n) is 6.87. The quantitative estimate of drug-likeness (QED) is 0.847. The molecule has 7 nitrogen and oxygen atoms in total. The van der Waals surface area contributed by atoms with E-state index in [9.17, 15) is 9.59 Å². The van der Waals surface area contributed by atoms with Crippen LogP contribution in [0.5, 0.6) is 0 Å². The Morgan fingerprint density at radius 3 is 2.74 bits per heavy atom. The number of nitrogens with one attached hydrogen (secondary N) is 1. The lowest BCUT2D eigenvalue weighted by atomic mass is 9.96. The maximum atomic E-state index is 12.9. The van der Waals surface area contributed by atoms with E-state index in [1.165, 1.54) is 6.92 Å². The van der Waals surface area contributed by atoms with Crippen molar-refractivity contribution in [3.63, 3.8) is 0 Å². The Hall–Kier alpha value is -2.41. The molecule has 8 heteroatoms. The second kappa shape index (κ2) is 8.52. The zero-order valence-corrected chi connectivity index (χ0v) is 16.2. The number of carbonyl (C=O) groups excluding carboxylic acids is 2. The van der Waals surface area contributed by atoms with Crippen molar-refractivity contribution in [2.24, 2.45) is 0 Å². The first kappa shape index (κ1) is 19.4. The number of amides is 2. The molecule has 1 aromatic carbocycles. The van der Waals surface area contributed by atoms with E-state index in [1.54, 1.807) is 19.1 Å². The fourth-order valence-electron chi connectivity index (χ4n) is 3.38. The molecule has 0 aliphatic carbocycles. The number of carbonyl (C=O) groups is 2. The Kier molecular flexibility index (Phi) is 6.11. The Bertz CT molecular complexity index is 806. The van der Waals surface area contributed by atoms with Crippen molar-refractivity contribution in [3.05, 3.63) is 46.6 Å². The minimum absolute atomic E-state index is 0.00960. The number of benzene rings is 1. The highest BCUT2D eigenvalue weighted by molar-refractivity contribution is 6.30. The highest BCUT2D eigenvalue weighted by atomic mass is 35.5. The molecule has 1 fully saturated rings. The molecule has 1 aromatic heterocycles. The van der Waals surface area contributed by atoms with Gasteiger partial charge in [0.2, 0.25) is 17.7 Å². The van der Waals surface area contributed by atoms with Gasteiger partial charge in [-0.2, -0.15) is 4.98 Å². The molecule has 0 radical (unpaired) electrons. The van der Waals surface area contributed by atoms with Crippen LogP contribution in [0.2, 0.25) is 5.02 Å². The average Bonchev–Trinajstić information content (AvgIpc) is 3.08. The zero-order chi connectivity index (χ0) is 19.4. The molecule has 1 aliphatic heterocycles. The fraction of sp³-hybridized carbons (Fsp3) is 0.474. The van der Waals surface area contributed by atoms with E-state index in [1.807, 2.05) is 17.0 Å². The molecule has 3 rings (SSSR count). The molecule has 2 amide bonds. The van der Waals surface area contributed by atoms with Gasteiger partial charge in [0.25, 0.3) is 0 Å². The molecule has 2 atom stereocenters. The van der Waals surface area contributed by atoms with Crippen LogP contribution < -0.4 is 5.32 Å². The predicted octanol–water partition coefficient (Wildman–Crippen LogP) is 3.00. The molecular weight excluding hydrogens is 368 g/mol. The number of aryl methyl sites for hydroxylation is 1. The third-order valence-electron chi connectivity index (χ3n) is 4.70. The molecule has 1 N–H and O–H groups in total. The van der Waals surface area contributed by atoms with Gasteiger partial charge >= 0.3 is 0 Å². The van der Waals surface area contributed by atoms with Crippen molar-refractivity contribution in [3.8, 4) is 0 Å². The van der Waals surface area contributed by atoms with Gasteiger partial charge in [-0.1, -0.05) is 28.9 Å². The molecular formula is C19H23ClN4O3. The summed E-state index contributed by atoms with van der Waals surface area (Å²) in [5.41, 5.74) is 0.851. The highest BCUT2D eigenvalue weighted by Crippen LogP contribution is 2.27. The first-order valence-corrected chi connectivity index (χ1v) is 9.40. The van der Waals surface area contributed by atoms with Crippen molar-refractivity contribution in [2.45, 2.75) is 45.1 Å². The van der Waals surface area contributed by atoms with Crippen LogP contribution in [-0.4, -0.2) is 39.9 Å². The minimum atomic E-state index is -0.390. The molecule has 1 saturated heterocycles. The third-order valence-corrected chi connectivity index (χ3v) is 4.95. The van der Waals surface area contributed by atoms with Gasteiger partial charge < -0.3 is 14.7 Å². The summed E-state index contributed by atoms with van der Waals surface area (Å²) in [4.78, 5) is 30.6. The summed E-state index contributed by atoms with van der Waals surface area (Å²) in [5, 5.41) is 7.31. The maximum absolute atomic E-state index is 12.9. The van der Waals surface area contributed by atoms with Gasteiger partial charge in [-0.15, -0.1) is 0 Å². The van der Waals surface area contributed by atoms with Crippen LogP contribution in [0.25, 0.3) is 0 Å². The molecule has 2 aromatic rings. The molecule has 0 saturated carbocycles. The summed E-state index contributed by atoms with van der Waals surface area (Å²) in [6.45, 7) is 4.47. The van der Waals surface area contributed by atoms with E-state index < -0.39 is 6.04 Å². The van der Waals surface area contributed by atoms with E-state index in [-0.39, 0.29) is 24.2 Å². The van der Waals surface area contributed by atoms with Gasteiger partial charge in [-0.05, 0) is 37.5 Å². The first-order valence-electron chi connectivity index (χ1n) is 9.03. The molecule has 144 valence electrons. The van der Waals surface area contributed by atoms with Crippen LogP contribution >= 0.6 is 11.6 Å². The molecule has 27 heavy (non-hydrogen) atoms. The van der Waals surface area contributed by atoms with Crippen LogP contribution in [-0.2, 0) is 9.59 Å². The van der Waals surface area contributed by atoms with Gasteiger partial charge in [-0.25, -0.2) is 0 Å². The lowest BCUT2D eigenvalue weighted by Gasteiger charge is -2.32. The number of likely N-dealkylation sites (tertiary alicyclic amines) is 1. The van der Waals surface area contributed by atoms with Crippen molar-refractivity contribution in [1.82, 2.24) is 20.4 Å². The van der Waals surface area contributed by atoms with Crippen LogP contribution in [0.3, 0.4) is 0 Å². The van der Waals surface area contributed by atoms with Crippen molar-refractivity contribution in [2.75, 3.05) is 13.1 Å². The summed E-state index contributed by atoms with van der Waals surface area (Å²) in [6.07, 6.45) is 1.98. The number of hydrogen-bond donors (Lipinski definition) is 1. The number of rotatable bonds is 5. The number of halogens is 1. The Morgan fingerprint density at radius 2 is 2.11 bits per heavy atom. The van der Waals surface area contributed by atoms with Crippen LogP contribution in [0, 0.1) is 6.92 Å². The third kappa shape index (κ3) is 5.07. The molecule has 0 spiro atoms. The normalized spacial score (nSPS) is 18.2. The summed E-state index contributed by atoms with van der Waals surface area (Å²) >= 11 is 5.94. The maximum Gasteiger partial charge on any atom is 0.231 e. The van der Waals surface area contributed by atoms with E-state index in [4.69, 9.17) is 16.1 Å². The number of hydrogen-bond acceptors (Lipinski definition) is 5. The van der Waals surface area contributed by atoms with Crippen LogP contribution in [0.1, 0.15) is 55.4 Å². The van der Waals surface area contributed by atoms with Crippen LogP contribution in [0.4, 0.5) is 0 Å². The zero-order valence-electron chi connectivity index (χ0n) is 15.4. The standard InChI is InChI=1S/C19H23ClN4O3/c1-12-21-19(27-23-12)15-4-3-9-24(11-15)18(26)10-17(22-13(2)25)14-5-7-16(20)8-6-14/h5-8,15,17H,3-4,9-11H2,1-2H3,(H,22,25). The number of aromatic nitrogens is 2. The molecule has 1 aliphatic rings. The van der Waals surface area contributed by atoms with Gasteiger partial charge in [-0.3, -0.25) is 9.59 Å². The summed E-state index contributed by atoms with van der Waals surface area (Å²) in [5.74, 6) is 1.05. The van der Waals surface area contributed by atoms with Gasteiger partial charge in [0, 0.05) is 25.0 Å². The highest BCUT2D eigenvalue weighted by Gasteiger charge is 2.29. The summed E-state index contributed by atoms with van der Waals surface area (Å²) < 4.78 is 5.28. The molecule has 0 bridgehead atoms. The lowest BCUT2D eigenvalue weighted by Crippen LogP contribution is -2.41. The topological polar surface area (TPSA) is 88.3 Å². The van der Waals surface area contributed by atoms with Crippen LogP contribution in [0.15, 0.2) is 28.8 Å². The average molecular weight is 391 g/mol. The van der Waals surface area contributed by atoms with Gasteiger partial charge in [0.1, 0.15) is 0 Å². The van der Waals surface area contributed by atoms with E-state index >= 15 is 0 Å². The van der Waals surface area contributed by atoms with E-state index in [2.05, 4.69) is 15.5 Å². The smallest absolute Gasteiger partial charge is 0.231 e. The summed E-state index contributed by atoms with van der Waals surface area (Å²) in [6, 6.07) is 6.78. The van der Waals surface area contributed by atoms with E-state index in [0.29, 0.717) is 29.8 Å². The minimum Gasteiger partial charge on any atom is -0.349 e. The number of nitrogens with zero attached hydrogens (tertiary/aromatic N) is 3. The Labute approximate surface area is 163 Å². The predicted molar refractivity (Wildman–Crippen MR) is 100 cm³/mol. The second-order valence-corrected chi connectivity index (χ2v) is 7.30. The van der Waals surface area contributed by atoms with E-state index in [0.717, 1.165) is 18.4 Å². The first-order chi connectivity index (χ1) is 12.9. The lowest BCUT2D eigenvalue weighted by molar-refractivity contribution is -0.133. The Balaban J connectivity index is 1.69. The van der Waals surface area contributed by atoms with Crippen molar-refractivity contribution < 1.29 is 14.1 Å². The molecule has 2 heterocycles. The SMILES string of the molecule is CC(=O)NC(CC(=O)N1CCCC(c2nc(C)no2)C1)c1ccc(Cl)cc1. The van der Waals surface area contributed by atoms with Crippen molar-refractivity contribution in [1.29, 1.82) is 0 Å².